The van der Waals surface area contributed by atoms with Crippen molar-refractivity contribution in [3.8, 4) is 5.75 Å². The summed E-state index contributed by atoms with van der Waals surface area (Å²) < 4.78 is 5.40. The molecule has 2 nitrogen and oxygen atoms in total. The van der Waals surface area contributed by atoms with Gasteiger partial charge >= 0.3 is 5.97 Å². The van der Waals surface area contributed by atoms with Crippen molar-refractivity contribution in [2.45, 2.75) is 59.8 Å². The van der Waals surface area contributed by atoms with Crippen molar-refractivity contribution >= 4 is 5.97 Å². The summed E-state index contributed by atoms with van der Waals surface area (Å²) in [5.74, 6) is 0.410. The molecule has 2 rings (SSSR count). The molecule has 0 heterocycles. The molecule has 0 bridgehead atoms. The lowest BCUT2D eigenvalue weighted by Crippen LogP contribution is -2.25. The first-order valence-electron chi connectivity index (χ1n) is 9.27. The van der Waals surface area contributed by atoms with Crippen LogP contribution in [0.1, 0.15) is 57.2 Å². The number of carbonyl (C=O) groups is 1. The lowest BCUT2D eigenvalue weighted by molar-refractivity contribution is -0.142. The summed E-state index contributed by atoms with van der Waals surface area (Å²) in [4.78, 5) is 11.9. The Hall–Kier alpha value is -2.09. The molecule has 0 amide bonds. The van der Waals surface area contributed by atoms with Crippen LogP contribution in [-0.4, -0.2) is 5.97 Å². The average Bonchev–Trinajstić information content (AvgIpc) is 2.59. The van der Waals surface area contributed by atoms with Gasteiger partial charge < -0.3 is 4.74 Å². The molecule has 25 heavy (non-hydrogen) atoms. The minimum Gasteiger partial charge on any atom is -0.426 e. The zero-order valence-corrected chi connectivity index (χ0v) is 16.0. The summed E-state index contributed by atoms with van der Waals surface area (Å²) in [5.41, 5.74) is 3.56. The van der Waals surface area contributed by atoms with E-state index in [1.165, 1.54) is 36.0 Å². The monoisotopic (exact) mass is 338 g/mol. The molecule has 2 aromatic rings. The summed E-state index contributed by atoms with van der Waals surface area (Å²) in [6, 6.07) is 16.8. The number of rotatable bonds is 7. The number of hydrogen-bond acceptors (Lipinski definition) is 2. The van der Waals surface area contributed by atoms with Crippen molar-refractivity contribution in [2.75, 3.05) is 0 Å². The SMILES string of the molecule is CCCCc1ccc(CCc2ccc(OC(=O)C(C)(C)C)cc2)cc1. The van der Waals surface area contributed by atoms with E-state index in [-0.39, 0.29) is 5.97 Å². The molecule has 0 N–H and O–H groups in total. The smallest absolute Gasteiger partial charge is 0.316 e. The predicted molar refractivity (Wildman–Crippen MR) is 104 cm³/mol. The Bertz CT molecular complexity index is 661. The number of benzene rings is 2. The number of hydrogen-bond donors (Lipinski definition) is 0. The van der Waals surface area contributed by atoms with Crippen LogP contribution in [0.5, 0.6) is 5.75 Å². The molecule has 0 aromatic heterocycles. The first-order valence-corrected chi connectivity index (χ1v) is 9.27. The molecule has 0 unspecified atom stereocenters. The van der Waals surface area contributed by atoms with E-state index in [4.69, 9.17) is 4.74 Å². The van der Waals surface area contributed by atoms with E-state index < -0.39 is 5.41 Å². The second-order valence-corrected chi connectivity index (χ2v) is 7.70. The van der Waals surface area contributed by atoms with Crippen LogP contribution in [0, 0.1) is 5.41 Å². The highest BCUT2D eigenvalue weighted by Gasteiger charge is 2.23. The van der Waals surface area contributed by atoms with Gasteiger partial charge in [0.1, 0.15) is 5.75 Å². The second kappa shape index (κ2) is 8.84. The van der Waals surface area contributed by atoms with Gasteiger partial charge in [-0.3, -0.25) is 4.79 Å². The molecule has 0 aliphatic carbocycles. The van der Waals surface area contributed by atoms with Crippen LogP contribution < -0.4 is 4.74 Å². The molecular weight excluding hydrogens is 308 g/mol. The van der Waals surface area contributed by atoms with E-state index >= 15 is 0 Å². The summed E-state index contributed by atoms with van der Waals surface area (Å²) >= 11 is 0. The number of carbonyl (C=O) groups excluding carboxylic acids is 1. The van der Waals surface area contributed by atoms with Crippen molar-refractivity contribution in [3.05, 3.63) is 65.2 Å². The van der Waals surface area contributed by atoms with Crippen molar-refractivity contribution < 1.29 is 9.53 Å². The van der Waals surface area contributed by atoms with Gasteiger partial charge in [0.15, 0.2) is 0 Å². The highest BCUT2D eigenvalue weighted by Crippen LogP contribution is 2.20. The topological polar surface area (TPSA) is 26.3 Å². The van der Waals surface area contributed by atoms with Crippen LogP contribution in [0.2, 0.25) is 0 Å². The maximum atomic E-state index is 11.9. The average molecular weight is 338 g/mol. The standard InChI is InChI=1S/C23H30O2/c1-5-6-7-18-8-10-19(11-9-18)12-13-20-14-16-21(17-15-20)25-22(24)23(2,3)4/h8-11,14-17H,5-7,12-13H2,1-4H3. The van der Waals surface area contributed by atoms with Gasteiger partial charge in [-0.15, -0.1) is 0 Å². The molecule has 2 heteroatoms. The van der Waals surface area contributed by atoms with Crippen LogP contribution in [0.4, 0.5) is 0 Å². The summed E-state index contributed by atoms with van der Waals surface area (Å²) in [6.45, 7) is 7.80. The van der Waals surface area contributed by atoms with E-state index in [2.05, 4.69) is 31.2 Å². The van der Waals surface area contributed by atoms with Crippen LogP contribution >= 0.6 is 0 Å². The molecule has 0 atom stereocenters. The molecule has 0 aliphatic heterocycles. The van der Waals surface area contributed by atoms with Crippen LogP contribution in [-0.2, 0) is 24.1 Å². The molecular formula is C23H30O2. The van der Waals surface area contributed by atoms with Gasteiger partial charge in [-0.25, -0.2) is 0 Å². The summed E-state index contributed by atoms with van der Waals surface area (Å²) in [7, 11) is 0. The molecule has 0 spiro atoms. The van der Waals surface area contributed by atoms with E-state index in [0.717, 1.165) is 12.8 Å². The number of unbranched alkanes of at least 4 members (excludes halogenated alkanes) is 1. The molecule has 0 aliphatic rings. The van der Waals surface area contributed by atoms with Gasteiger partial charge in [-0.2, -0.15) is 0 Å². The lowest BCUT2D eigenvalue weighted by Gasteiger charge is -2.16. The Morgan fingerprint density at radius 1 is 0.800 bits per heavy atom. The quantitative estimate of drug-likeness (QED) is 0.473. The zero-order chi connectivity index (χ0) is 18.3. The Morgan fingerprint density at radius 3 is 1.68 bits per heavy atom. The van der Waals surface area contributed by atoms with E-state index in [1.807, 2.05) is 45.0 Å². The van der Waals surface area contributed by atoms with Crippen molar-refractivity contribution in [1.82, 2.24) is 0 Å². The number of aryl methyl sites for hydroxylation is 3. The second-order valence-electron chi connectivity index (χ2n) is 7.70. The molecule has 0 saturated heterocycles. The third-order valence-corrected chi connectivity index (χ3v) is 4.29. The third kappa shape index (κ3) is 6.38. The Balaban J connectivity index is 1.86. The minimum absolute atomic E-state index is 0.205. The van der Waals surface area contributed by atoms with E-state index in [0.29, 0.717) is 5.75 Å². The number of esters is 1. The normalized spacial score (nSPS) is 11.4. The Kier molecular flexibility index (Phi) is 6.81. The first kappa shape index (κ1) is 19.2. The fourth-order valence-electron chi connectivity index (χ4n) is 2.53. The van der Waals surface area contributed by atoms with Crippen LogP contribution in [0.3, 0.4) is 0 Å². The highest BCUT2D eigenvalue weighted by atomic mass is 16.5. The number of ether oxygens (including phenoxy) is 1. The zero-order valence-electron chi connectivity index (χ0n) is 16.0. The van der Waals surface area contributed by atoms with E-state index in [9.17, 15) is 4.79 Å². The van der Waals surface area contributed by atoms with Crippen LogP contribution in [0.25, 0.3) is 0 Å². The van der Waals surface area contributed by atoms with Gasteiger partial charge in [-0.1, -0.05) is 49.7 Å². The van der Waals surface area contributed by atoms with Gasteiger partial charge in [0.05, 0.1) is 5.41 Å². The highest BCUT2D eigenvalue weighted by molar-refractivity contribution is 5.77. The summed E-state index contributed by atoms with van der Waals surface area (Å²) in [5, 5.41) is 0. The Morgan fingerprint density at radius 2 is 1.24 bits per heavy atom. The van der Waals surface area contributed by atoms with Crippen LogP contribution in [0.15, 0.2) is 48.5 Å². The van der Waals surface area contributed by atoms with Crippen molar-refractivity contribution in [1.29, 1.82) is 0 Å². The van der Waals surface area contributed by atoms with Crippen molar-refractivity contribution in [3.63, 3.8) is 0 Å². The Labute approximate surface area is 152 Å². The largest absolute Gasteiger partial charge is 0.426 e. The first-order chi connectivity index (χ1) is 11.9. The van der Waals surface area contributed by atoms with Crippen molar-refractivity contribution in [2.24, 2.45) is 5.41 Å². The molecule has 0 fully saturated rings. The molecule has 0 radical (unpaired) electrons. The summed E-state index contributed by atoms with van der Waals surface area (Å²) in [6.07, 6.45) is 5.68. The molecule has 134 valence electrons. The predicted octanol–water partition coefficient (Wildman–Crippen LogP) is 5.77. The minimum atomic E-state index is -0.484. The third-order valence-electron chi connectivity index (χ3n) is 4.29. The molecule has 2 aromatic carbocycles. The van der Waals surface area contributed by atoms with E-state index in [1.54, 1.807) is 0 Å². The van der Waals surface area contributed by atoms with Gasteiger partial charge in [0.2, 0.25) is 0 Å². The maximum absolute atomic E-state index is 11.9. The molecule has 0 saturated carbocycles. The lowest BCUT2D eigenvalue weighted by atomic mass is 9.97. The van der Waals surface area contributed by atoms with Gasteiger partial charge in [0.25, 0.3) is 0 Å². The fourth-order valence-corrected chi connectivity index (χ4v) is 2.53. The van der Waals surface area contributed by atoms with Gasteiger partial charge in [-0.05, 0) is 75.3 Å². The fraction of sp³-hybridized carbons (Fsp3) is 0.435. The maximum Gasteiger partial charge on any atom is 0.316 e. The van der Waals surface area contributed by atoms with Gasteiger partial charge in [0, 0.05) is 0 Å².